The second-order valence-electron chi connectivity index (χ2n) is 8.82. The fourth-order valence-electron chi connectivity index (χ4n) is 4.33. The number of carbonyl (C=O) groups is 1. The molecule has 1 fully saturated rings. The van der Waals surface area contributed by atoms with E-state index in [1.54, 1.807) is 11.3 Å². The van der Waals surface area contributed by atoms with Crippen LogP contribution in [0.1, 0.15) is 29.5 Å². The van der Waals surface area contributed by atoms with Crippen LogP contribution in [0.4, 0.5) is 11.4 Å². The number of nitrogens with one attached hydrogen (secondary N) is 1. The number of benzene rings is 1. The number of piperidine rings is 1. The number of pyridine rings is 1. The van der Waals surface area contributed by atoms with Gasteiger partial charge in [-0.2, -0.15) is 0 Å². The molecule has 1 saturated heterocycles. The number of rotatable bonds is 5. The summed E-state index contributed by atoms with van der Waals surface area (Å²) in [6.07, 6.45) is 5.17. The van der Waals surface area contributed by atoms with Gasteiger partial charge in [0, 0.05) is 62.6 Å². The summed E-state index contributed by atoms with van der Waals surface area (Å²) in [5.74, 6) is 1.38. The van der Waals surface area contributed by atoms with Crippen molar-refractivity contribution in [3.05, 3.63) is 71.5 Å². The first kappa shape index (κ1) is 23.8. The first-order valence-electron chi connectivity index (χ1n) is 11.7. The standard InChI is InChI=1S/C18H19N3OS.C9H14N2/c1-13-7-8-16(23-13)17-15-6-2-3-10-21(15)18(19-17)14-5-4-9-20(11-14)12-22;1-10-8-4-6-9(7-5-8)11(2)3/h2-3,6-8,10,12,14H,4-5,9,11H2,1H3;4-7,10H,1-3H3. The lowest BCUT2D eigenvalue weighted by Crippen LogP contribution is -2.33. The van der Waals surface area contributed by atoms with Crippen molar-refractivity contribution in [2.45, 2.75) is 25.7 Å². The number of aryl methyl sites for hydroxylation is 1. The maximum absolute atomic E-state index is 11.1. The smallest absolute Gasteiger partial charge is 0.209 e. The molecule has 1 aliphatic heterocycles. The molecule has 4 heterocycles. The van der Waals surface area contributed by atoms with Crippen molar-refractivity contribution < 1.29 is 4.79 Å². The topological polar surface area (TPSA) is 52.9 Å². The van der Waals surface area contributed by atoms with Gasteiger partial charge in [0.2, 0.25) is 6.41 Å². The van der Waals surface area contributed by atoms with Crippen molar-refractivity contribution in [3.63, 3.8) is 0 Å². The molecule has 0 spiro atoms. The molecule has 1 unspecified atom stereocenters. The minimum absolute atomic E-state index is 0.304. The molecule has 1 aliphatic rings. The van der Waals surface area contributed by atoms with E-state index in [-0.39, 0.29) is 0 Å². The molecule has 0 radical (unpaired) electrons. The monoisotopic (exact) mass is 475 g/mol. The van der Waals surface area contributed by atoms with Crippen molar-refractivity contribution in [2.75, 3.05) is 44.4 Å². The maximum Gasteiger partial charge on any atom is 0.209 e. The lowest BCUT2D eigenvalue weighted by molar-refractivity contribution is -0.119. The van der Waals surface area contributed by atoms with E-state index in [0.717, 1.165) is 55.1 Å². The van der Waals surface area contributed by atoms with E-state index in [2.05, 4.69) is 76.3 Å². The van der Waals surface area contributed by atoms with Crippen LogP contribution >= 0.6 is 11.3 Å². The number of nitrogens with zero attached hydrogens (tertiary/aromatic N) is 4. The molecule has 4 aromatic rings. The van der Waals surface area contributed by atoms with E-state index in [1.807, 2.05) is 32.1 Å². The molecular weight excluding hydrogens is 442 g/mol. The van der Waals surface area contributed by atoms with Gasteiger partial charge in [-0.3, -0.25) is 4.79 Å². The highest BCUT2D eigenvalue weighted by Crippen LogP contribution is 2.34. The zero-order valence-electron chi connectivity index (χ0n) is 20.4. The molecule has 1 amide bonds. The van der Waals surface area contributed by atoms with E-state index in [4.69, 9.17) is 4.98 Å². The summed E-state index contributed by atoms with van der Waals surface area (Å²) in [6.45, 7) is 3.75. The van der Waals surface area contributed by atoms with Gasteiger partial charge in [0.1, 0.15) is 11.5 Å². The van der Waals surface area contributed by atoms with Crippen molar-refractivity contribution in [3.8, 4) is 10.6 Å². The average Bonchev–Trinajstić information content (AvgIpc) is 3.48. The molecule has 0 aliphatic carbocycles. The normalized spacial score (nSPS) is 15.5. The molecule has 178 valence electrons. The van der Waals surface area contributed by atoms with E-state index < -0.39 is 0 Å². The zero-order chi connectivity index (χ0) is 24.1. The van der Waals surface area contributed by atoms with Gasteiger partial charge in [-0.1, -0.05) is 6.07 Å². The summed E-state index contributed by atoms with van der Waals surface area (Å²) in [4.78, 5) is 22.6. The number of anilines is 2. The van der Waals surface area contributed by atoms with E-state index in [0.29, 0.717) is 5.92 Å². The van der Waals surface area contributed by atoms with Crippen LogP contribution in [0.5, 0.6) is 0 Å². The second-order valence-corrected chi connectivity index (χ2v) is 10.1. The Hall–Kier alpha value is -3.32. The van der Waals surface area contributed by atoms with Crippen LogP contribution in [-0.2, 0) is 4.79 Å². The Labute approximate surface area is 205 Å². The number of fused-ring (bicyclic) bond motifs is 1. The summed E-state index contributed by atoms with van der Waals surface area (Å²) in [5.41, 5.74) is 4.58. The molecule has 6 nitrogen and oxygen atoms in total. The number of hydrogen-bond acceptors (Lipinski definition) is 5. The van der Waals surface area contributed by atoms with E-state index in [9.17, 15) is 4.79 Å². The number of carbonyl (C=O) groups excluding carboxylic acids is 1. The van der Waals surface area contributed by atoms with Gasteiger partial charge in [-0.25, -0.2) is 4.98 Å². The fraction of sp³-hybridized carbons (Fsp3) is 0.333. The number of aromatic nitrogens is 2. The Morgan fingerprint density at radius 2 is 1.91 bits per heavy atom. The summed E-state index contributed by atoms with van der Waals surface area (Å²) in [7, 11) is 5.99. The van der Waals surface area contributed by atoms with Crippen LogP contribution < -0.4 is 10.2 Å². The molecular formula is C27H33N5OS. The Kier molecular flexibility index (Phi) is 7.53. The highest BCUT2D eigenvalue weighted by molar-refractivity contribution is 7.15. The van der Waals surface area contributed by atoms with Gasteiger partial charge >= 0.3 is 0 Å². The van der Waals surface area contributed by atoms with E-state index >= 15 is 0 Å². The minimum atomic E-state index is 0.304. The van der Waals surface area contributed by atoms with Crippen LogP contribution in [-0.4, -0.2) is 54.9 Å². The van der Waals surface area contributed by atoms with Crippen molar-refractivity contribution >= 4 is 34.6 Å². The van der Waals surface area contributed by atoms with Crippen molar-refractivity contribution in [1.82, 2.24) is 14.3 Å². The third-order valence-corrected chi connectivity index (χ3v) is 7.20. The van der Waals surface area contributed by atoms with Gasteiger partial charge in [0.25, 0.3) is 0 Å². The number of amides is 1. The predicted octanol–water partition coefficient (Wildman–Crippen LogP) is 5.50. The molecule has 1 atom stereocenters. The Morgan fingerprint density at radius 1 is 1.12 bits per heavy atom. The maximum atomic E-state index is 11.1. The van der Waals surface area contributed by atoms with Gasteiger partial charge in [0.05, 0.1) is 10.4 Å². The average molecular weight is 476 g/mol. The van der Waals surface area contributed by atoms with Crippen LogP contribution in [0.2, 0.25) is 0 Å². The van der Waals surface area contributed by atoms with Gasteiger partial charge < -0.3 is 19.5 Å². The number of hydrogen-bond donors (Lipinski definition) is 1. The Morgan fingerprint density at radius 3 is 2.56 bits per heavy atom. The minimum Gasteiger partial charge on any atom is -0.388 e. The fourth-order valence-corrected chi connectivity index (χ4v) is 5.20. The molecule has 1 aromatic carbocycles. The Balaban J connectivity index is 0.000000210. The lowest BCUT2D eigenvalue weighted by Gasteiger charge is -2.29. The molecule has 3 aromatic heterocycles. The van der Waals surface area contributed by atoms with Gasteiger partial charge in [-0.05, 0) is 68.3 Å². The highest BCUT2D eigenvalue weighted by atomic mass is 32.1. The Bertz CT molecular complexity index is 1230. The number of imidazole rings is 1. The SMILES string of the molecule is CNc1ccc(N(C)C)cc1.Cc1ccc(-c2nc(C3CCCN(C=O)C3)n3ccccc23)s1. The first-order valence-corrected chi connectivity index (χ1v) is 12.5. The van der Waals surface area contributed by atoms with Crippen molar-refractivity contribution in [2.24, 2.45) is 0 Å². The largest absolute Gasteiger partial charge is 0.388 e. The summed E-state index contributed by atoms with van der Waals surface area (Å²) in [6, 6.07) is 18.8. The van der Waals surface area contributed by atoms with Crippen LogP contribution in [0.3, 0.4) is 0 Å². The van der Waals surface area contributed by atoms with Crippen LogP contribution in [0.15, 0.2) is 60.8 Å². The second kappa shape index (κ2) is 10.7. The molecule has 7 heteroatoms. The summed E-state index contributed by atoms with van der Waals surface area (Å²) < 4.78 is 2.20. The molecule has 5 rings (SSSR count). The quantitative estimate of drug-likeness (QED) is 0.387. The van der Waals surface area contributed by atoms with Gasteiger partial charge in [0.15, 0.2) is 0 Å². The van der Waals surface area contributed by atoms with Crippen LogP contribution in [0, 0.1) is 6.92 Å². The molecule has 0 saturated carbocycles. The number of thiophene rings is 1. The summed E-state index contributed by atoms with van der Waals surface area (Å²) >= 11 is 1.78. The highest BCUT2D eigenvalue weighted by Gasteiger charge is 2.25. The molecule has 34 heavy (non-hydrogen) atoms. The van der Waals surface area contributed by atoms with Crippen molar-refractivity contribution in [1.29, 1.82) is 0 Å². The predicted molar refractivity (Wildman–Crippen MR) is 143 cm³/mol. The van der Waals surface area contributed by atoms with Gasteiger partial charge in [-0.15, -0.1) is 11.3 Å². The third-order valence-electron chi connectivity index (χ3n) is 6.19. The third kappa shape index (κ3) is 5.25. The molecule has 0 bridgehead atoms. The number of likely N-dealkylation sites (tertiary alicyclic amines) is 1. The molecule has 1 N–H and O–H groups in total. The van der Waals surface area contributed by atoms with Crippen LogP contribution in [0.25, 0.3) is 16.1 Å². The zero-order valence-corrected chi connectivity index (χ0v) is 21.2. The first-order chi connectivity index (χ1) is 16.5. The van der Waals surface area contributed by atoms with E-state index in [1.165, 1.54) is 15.4 Å². The lowest BCUT2D eigenvalue weighted by atomic mass is 9.98. The summed E-state index contributed by atoms with van der Waals surface area (Å²) in [5, 5.41) is 3.07.